The number of rotatable bonds is 2. The predicted octanol–water partition coefficient (Wildman–Crippen LogP) is 3.02. The van der Waals surface area contributed by atoms with E-state index in [2.05, 4.69) is 22.5 Å². The lowest BCUT2D eigenvalue weighted by Crippen LogP contribution is -2.01. The van der Waals surface area contributed by atoms with E-state index in [9.17, 15) is 4.79 Å². The minimum Gasteiger partial charge on any atom is -0.427 e. The van der Waals surface area contributed by atoms with Gasteiger partial charge in [0.05, 0.1) is 0 Å². The van der Waals surface area contributed by atoms with Crippen molar-refractivity contribution in [1.29, 1.82) is 0 Å². The molecule has 13 heavy (non-hydrogen) atoms. The summed E-state index contributed by atoms with van der Waals surface area (Å²) in [6, 6.07) is 5.29. The van der Waals surface area contributed by atoms with Crippen LogP contribution in [0.15, 0.2) is 29.3 Å². The van der Waals surface area contributed by atoms with Crippen molar-refractivity contribution in [3.63, 3.8) is 0 Å². The van der Waals surface area contributed by atoms with E-state index in [-0.39, 0.29) is 5.97 Å². The zero-order valence-corrected chi connectivity index (χ0v) is 8.80. The molecule has 0 spiro atoms. The number of esters is 1. The molecule has 0 heterocycles. The van der Waals surface area contributed by atoms with Crippen molar-refractivity contribution < 1.29 is 9.53 Å². The summed E-state index contributed by atoms with van der Waals surface area (Å²) in [4.78, 5) is 10.6. The van der Waals surface area contributed by atoms with Crippen LogP contribution in [-0.4, -0.2) is 5.97 Å². The summed E-state index contributed by atoms with van der Waals surface area (Å²) in [6.07, 6.45) is 1.72. The highest BCUT2D eigenvalue weighted by Gasteiger charge is 2.01. The molecule has 0 bridgehead atoms. The largest absolute Gasteiger partial charge is 0.427 e. The number of carbonyl (C=O) groups is 1. The Morgan fingerprint density at radius 1 is 1.62 bits per heavy atom. The molecule has 0 aliphatic rings. The fourth-order valence-corrected chi connectivity index (χ4v) is 1.42. The van der Waals surface area contributed by atoms with E-state index in [1.54, 1.807) is 18.2 Å². The van der Waals surface area contributed by atoms with Crippen LogP contribution in [0, 0.1) is 0 Å². The molecular formula is C10H9BrO2. The Balaban J connectivity index is 2.95. The van der Waals surface area contributed by atoms with Crippen molar-refractivity contribution in [2.24, 2.45) is 0 Å². The van der Waals surface area contributed by atoms with Gasteiger partial charge in [0.15, 0.2) is 0 Å². The lowest BCUT2D eigenvalue weighted by molar-refractivity contribution is -0.131. The molecule has 0 N–H and O–H groups in total. The van der Waals surface area contributed by atoms with E-state index in [0.717, 1.165) is 10.0 Å². The number of hydrogen-bond acceptors (Lipinski definition) is 2. The third-order valence-electron chi connectivity index (χ3n) is 1.45. The average Bonchev–Trinajstić information content (AvgIpc) is 2.03. The third kappa shape index (κ3) is 2.70. The molecule has 0 saturated heterocycles. The first kappa shape index (κ1) is 9.99. The maximum atomic E-state index is 10.6. The summed E-state index contributed by atoms with van der Waals surface area (Å²) in [7, 11) is 0. The molecule has 0 fully saturated rings. The highest BCUT2D eigenvalue weighted by molar-refractivity contribution is 9.10. The number of benzene rings is 1. The molecule has 0 radical (unpaired) electrons. The van der Waals surface area contributed by atoms with Gasteiger partial charge in [0.2, 0.25) is 0 Å². The fourth-order valence-electron chi connectivity index (χ4n) is 0.903. The molecule has 1 aromatic rings. The maximum absolute atomic E-state index is 10.6. The van der Waals surface area contributed by atoms with Crippen LogP contribution in [0.4, 0.5) is 0 Å². The molecule has 1 rings (SSSR count). The molecule has 68 valence electrons. The second-order valence-electron chi connectivity index (χ2n) is 2.48. The Labute approximate surface area is 85.3 Å². The van der Waals surface area contributed by atoms with Crippen molar-refractivity contribution in [1.82, 2.24) is 0 Å². The van der Waals surface area contributed by atoms with Gasteiger partial charge in [0.1, 0.15) is 5.75 Å². The normalized spacial score (nSPS) is 9.38. The molecule has 0 aliphatic carbocycles. The van der Waals surface area contributed by atoms with E-state index in [0.29, 0.717) is 5.75 Å². The van der Waals surface area contributed by atoms with Crippen LogP contribution >= 0.6 is 15.9 Å². The topological polar surface area (TPSA) is 26.3 Å². The minimum absolute atomic E-state index is 0.321. The van der Waals surface area contributed by atoms with Gasteiger partial charge in [0.25, 0.3) is 0 Å². The van der Waals surface area contributed by atoms with Crippen molar-refractivity contribution >= 4 is 28.0 Å². The van der Waals surface area contributed by atoms with Gasteiger partial charge in [-0.05, 0) is 17.7 Å². The van der Waals surface area contributed by atoms with Crippen LogP contribution in [0.5, 0.6) is 5.75 Å². The zero-order chi connectivity index (χ0) is 9.84. The predicted molar refractivity (Wildman–Crippen MR) is 55.5 cm³/mol. The summed E-state index contributed by atoms with van der Waals surface area (Å²) in [5.74, 6) is 0.211. The number of ether oxygens (including phenoxy) is 1. The van der Waals surface area contributed by atoms with E-state index in [4.69, 9.17) is 4.74 Å². The number of carbonyl (C=O) groups excluding carboxylic acids is 1. The van der Waals surface area contributed by atoms with Crippen LogP contribution in [0.25, 0.3) is 6.08 Å². The van der Waals surface area contributed by atoms with Gasteiger partial charge in [-0.2, -0.15) is 0 Å². The average molecular weight is 241 g/mol. The third-order valence-corrected chi connectivity index (χ3v) is 2.14. The van der Waals surface area contributed by atoms with Gasteiger partial charge in [-0.25, -0.2) is 0 Å². The smallest absolute Gasteiger partial charge is 0.308 e. The Kier molecular flexibility index (Phi) is 3.25. The standard InChI is InChI=1S/C10H9BrO2/c1-3-8-4-5-9(6-10(8)11)13-7(2)12/h3-6H,1H2,2H3. The quantitative estimate of drug-likeness (QED) is 0.587. The molecule has 0 aromatic heterocycles. The van der Waals surface area contributed by atoms with Gasteiger partial charge in [-0.15, -0.1) is 0 Å². The van der Waals surface area contributed by atoms with E-state index >= 15 is 0 Å². The van der Waals surface area contributed by atoms with Gasteiger partial charge in [-0.1, -0.05) is 34.7 Å². The molecule has 0 unspecified atom stereocenters. The van der Waals surface area contributed by atoms with Crippen molar-refractivity contribution in [3.05, 3.63) is 34.8 Å². The van der Waals surface area contributed by atoms with Crippen molar-refractivity contribution in [2.45, 2.75) is 6.92 Å². The number of halogens is 1. The summed E-state index contributed by atoms with van der Waals surface area (Å²) in [5, 5.41) is 0. The molecule has 3 heteroatoms. The van der Waals surface area contributed by atoms with Crippen molar-refractivity contribution in [3.8, 4) is 5.75 Å². The summed E-state index contributed by atoms with van der Waals surface area (Å²) < 4.78 is 5.75. The number of hydrogen-bond donors (Lipinski definition) is 0. The van der Waals surface area contributed by atoms with E-state index in [1.807, 2.05) is 6.07 Å². The second-order valence-corrected chi connectivity index (χ2v) is 3.34. The molecule has 0 aliphatic heterocycles. The van der Waals surface area contributed by atoms with E-state index < -0.39 is 0 Å². The van der Waals surface area contributed by atoms with E-state index in [1.165, 1.54) is 6.92 Å². The van der Waals surface area contributed by atoms with Gasteiger partial charge in [0, 0.05) is 11.4 Å². The molecular weight excluding hydrogens is 232 g/mol. The van der Waals surface area contributed by atoms with Crippen LogP contribution in [-0.2, 0) is 4.79 Å². The maximum Gasteiger partial charge on any atom is 0.308 e. The second kappa shape index (κ2) is 4.23. The highest BCUT2D eigenvalue weighted by atomic mass is 79.9. The molecule has 2 nitrogen and oxygen atoms in total. The molecule has 1 aromatic carbocycles. The SMILES string of the molecule is C=Cc1ccc(OC(C)=O)cc1Br. The van der Waals surface area contributed by atoms with Gasteiger partial charge >= 0.3 is 5.97 Å². The van der Waals surface area contributed by atoms with Crippen LogP contribution in [0.2, 0.25) is 0 Å². The Hall–Kier alpha value is -1.09. The van der Waals surface area contributed by atoms with Gasteiger partial charge < -0.3 is 4.74 Å². The van der Waals surface area contributed by atoms with Crippen LogP contribution in [0.1, 0.15) is 12.5 Å². The minimum atomic E-state index is -0.321. The Morgan fingerprint density at radius 3 is 2.77 bits per heavy atom. The molecule has 0 saturated carbocycles. The highest BCUT2D eigenvalue weighted by Crippen LogP contribution is 2.23. The summed E-state index contributed by atoms with van der Waals surface area (Å²) in [6.45, 7) is 5.01. The first-order valence-corrected chi connectivity index (χ1v) is 4.53. The molecule has 0 atom stereocenters. The Bertz CT molecular complexity index is 345. The van der Waals surface area contributed by atoms with Crippen LogP contribution < -0.4 is 4.74 Å². The van der Waals surface area contributed by atoms with Gasteiger partial charge in [-0.3, -0.25) is 4.79 Å². The Morgan fingerprint density at radius 2 is 2.31 bits per heavy atom. The van der Waals surface area contributed by atoms with Crippen molar-refractivity contribution in [2.75, 3.05) is 0 Å². The summed E-state index contributed by atoms with van der Waals surface area (Å²) in [5.41, 5.74) is 0.968. The lowest BCUT2D eigenvalue weighted by atomic mass is 10.2. The first-order chi connectivity index (χ1) is 6.13. The zero-order valence-electron chi connectivity index (χ0n) is 7.21. The lowest BCUT2D eigenvalue weighted by Gasteiger charge is -2.03. The van der Waals surface area contributed by atoms with Crippen LogP contribution in [0.3, 0.4) is 0 Å². The fraction of sp³-hybridized carbons (Fsp3) is 0.100. The monoisotopic (exact) mass is 240 g/mol. The summed E-state index contributed by atoms with van der Waals surface area (Å²) >= 11 is 3.33. The molecule has 0 amide bonds. The first-order valence-electron chi connectivity index (χ1n) is 3.74.